The molecule has 0 unspecified atom stereocenters. The van der Waals surface area contributed by atoms with Gasteiger partial charge in [-0.2, -0.15) is 4.37 Å². The highest BCUT2D eigenvalue weighted by atomic mass is 32.1. The van der Waals surface area contributed by atoms with Gasteiger partial charge in [-0.05, 0) is 20.8 Å². The molecule has 74 valence electrons. The number of rotatable bonds is 5. The molecular formula is C8H15N3OS. The lowest BCUT2D eigenvalue weighted by molar-refractivity contribution is 0.0870. The molecule has 0 radical (unpaired) electrons. The maximum atomic E-state index is 5.36. The van der Waals surface area contributed by atoms with E-state index >= 15 is 0 Å². The summed E-state index contributed by atoms with van der Waals surface area (Å²) in [6.45, 7) is 7.42. The molecule has 4 nitrogen and oxygen atoms in total. The van der Waals surface area contributed by atoms with Crippen LogP contribution >= 0.6 is 11.5 Å². The van der Waals surface area contributed by atoms with Crippen molar-refractivity contribution in [2.24, 2.45) is 0 Å². The van der Waals surface area contributed by atoms with Crippen molar-refractivity contribution in [3.8, 4) is 0 Å². The molecule has 0 aliphatic rings. The summed E-state index contributed by atoms with van der Waals surface area (Å²) in [7, 11) is 0. The Balaban J connectivity index is 2.13. The second-order valence-corrected chi connectivity index (χ2v) is 3.74. The van der Waals surface area contributed by atoms with E-state index in [2.05, 4.69) is 14.7 Å². The van der Waals surface area contributed by atoms with Gasteiger partial charge in [0, 0.05) is 18.1 Å². The Bertz CT molecular complexity index is 249. The van der Waals surface area contributed by atoms with E-state index in [1.165, 1.54) is 11.5 Å². The summed E-state index contributed by atoms with van der Waals surface area (Å²) in [5.74, 6) is 0.817. The minimum Gasteiger partial charge on any atom is -0.377 e. The molecule has 0 amide bonds. The summed E-state index contributed by atoms with van der Waals surface area (Å²) in [5, 5.41) is 4.01. The molecule has 0 saturated carbocycles. The zero-order chi connectivity index (χ0) is 9.68. The van der Waals surface area contributed by atoms with Crippen LogP contribution in [-0.2, 0) is 4.74 Å². The smallest absolute Gasteiger partial charge is 0.202 e. The van der Waals surface area contributed by atoms with Crippen molar-refractivity contribution in [2.45, 2.75) is 26.9 Å². The average molecular weight is 201 g/mol. The normalized spacial score (nSPS) is 10.8. The number of hydrogen-bond acceptors (Lipinski definition) is 5. The molecule has 1 heterocycles. The Kier molecular flexibility index (Phi) is 4.11. The van der Waals surface area contributed by atoms with E-state index in [4.69, 9.17) is 4.74 Å². The van der Waals surface area contributed by atoms with Gasteiger partial charge in [0.25, 0.3) is 0 Å². The highest BCUT2D eigenvalue weighted by Crippen LogP contribution is 2.08. The van der Waals surface area contributed by atoms with E-state index in [0.29, 0.717) is 6.61 Å². The molecule has 0 saturated heterocycles. The first-order valence-electron chi connectivity index (χ1n) is 4.34. The molecule has 0 fully saturated rings. The third kappa shape index (κ3) is 4.19. The first-order chi connectivity index (χ1) is 6.18. The second-order valence-electron chi connectivity index (χ2n) is 2.99. The summed E-state index contributed by atoms with van der Waals surface area (Å²) in [5.41, 5.74) is 0. The SMILES string of the molecule is Cc1nsc(NCCOC(C)C)n1. The maximum Gasteiger partial charge on any atom is 0.202 e. The van der Waals surface area contributed by atoms with Crippen molar-refractivity contribution in [2.75, 3.05) is 18.5 Å². The zero-order valence-corrected chi connectivity index (χ0v) is 9.02. The van der Waals surface area contributed by atoms with E-state index in [-0.39, 0.29) is 6.10 Å². The molecule has 1 aromatic rings. The fourth-order valence-electron chi connectivity index (χ4n) is 0.821. The topological polar surface area (TPSA) is 47.0 Å². The third-order valence-corrected chi connectivity index (χ3v) is 2.12. The van der Waals surface area contributed by atoms with E-state index in [1.807, 2.05) is 20.8 Å². The van der Waals surface area contributed by atoms with Crippen molar-refractivity contribution >= 4 is 16.7 Å². The number of nitrogens with zero attached hydrogens (tertiary/aromatic N) is 2. The van der Waals surface area contributed by atoms with Crippen molar-refractivity contribution in [3.05, 3.63) is 5.82 Å². The Hall–Kier alpha value is -0.680. The van der Waals surface area contributed by atoms with Gasteiger partial charge in [-0.1, -0.05) is 0 Å². The van der Waals surface area contributed by atoms with Crippen LogP contribution in [0.3, 0.4) is 0 Å². The number of hydrogen-bond donors (Lipinski definition) is 1. The highest BCUT2D eigenvalue weighted by Gasteiger charge is 1.98. The molecule has 0 atom stereocenters. The molecule has 1 aromatic heterocycles. The molecule has 0 aliphatic carbocycles. The molecule has 0 aromatic carbocycles. The molecule has 0 spiro atoms. The Morgan fingerprint density at radius 3 is 2.85 bits per heavy atom. The number of aromatic nitrogens is 2. The van der Waals surface area contributed by atoms with Crippen LogP contribution in [0.1, 0.15) is 19.7 Å². The lowest BCUT2D eigenvalue weighted by Gasteiger charge is -2.06. The van der Waals surface area contributed by atoms with Crippen LogP contribution < -0.4 is 5.32 Å². The van der Waals surface area contributed by atoms with E-state index in [0.717, 1.165) is 17.5 Å². The monoisotopic (exact) mass is 201 g/mol. The summed E-state index contributed by atoms with van der Waals surface area (Å²) < 4.78 is 9.42. The van der Waals surface area contributed by atoms with Crippen LogP contribution in [0.4, 0.5) is 5.13 Å². The van der Waals surface area contributed by atoms with Gasteiger partial charge in [0.05, 0.1) is 12.7 Å². The summed E-state index contributed by atoms with van der Waals surface area (Å²) in [6, 6.07) is 0. The minimum absolute atomic E-state index is 0.290. The number of ether oxygens (including phenoxy) is 1. The van der Waals surface area contributed by atoms with Crippen LogP contribution in [0, 0.1) is 6.92 Å². The molecule has 0 bridgehead atoms. The molecule has 1 N–H and O–H groups in total. The van der Waals surface area contributed by atoms with Crippen LogP contribution in [-0.4, -0.2) is 28.6 Å². The summed E-state index contributed by atoms with van der Waals surface area (Å²) >= 11 is 1.38. The Labute approximate surface area is 82.5 Å². The largest absolute Gasteiger partial charge is 0.377 e. The quantitative estimate of drug-likeness (QED) is 0.736. The number of anilines is 1. The van der Waals surface area contributed by atoms with Gasteiger partial charge in [-0.3, -0.25) is 0 Å². The Morgan fingerprint density at radius 2 is 2.31 bits per heavy atom. The lowest BCUT2D eigenvalue weighted by Crippen LogP contribution is -2.12. The fourth-order valence-corrected chi connectivity index (χ4v) is 1.42. The van der Waals surface area contributed by atoms with Gasteiger partial charge < -0.3 is 10.1 Å². The third-order valence-electron chi connectivity index (χ3n) is 1.36. The van der Waals surface area contributed by atoms with Crippen molar-refractivity contribution in [1.29, 1.82) is 0 Å². The van der Waals surface area contributed by atoms with Crippen molar-refractivity contribution in [1.82, 2.24) is 9.36 Å². The van der Waals surface area contributed by atoms with Crippen LogP contribution in [0.2, 0.25) is 0 Å². The minimum atomic E-state index is 0.290. The Morgan fingerprint density at radius 1 is 1.54 bits per heavy atom. The van der Waals surface area contributed by atoms with E-state index < -0.39 is 0 Å². The standard InChI is InChI=1S/C8H15N3OS/c1-6(2)12-5-4-9-8-10-7(3)11-13-8/h6H,4-5H2,1-3H3,(H,9,10,11). The second kappa shape index (κ2) is 5.14. The van der Waals surface area contributed by atoms with Crippen LogP contribution in [0.5, 0.6) is 0 Å². The van der Waals surface area contributed by atoms with Crippen LogP contribution in [0.25, 0.3) is 0 Å². The summed E-state index contributed by atoms with van der Waals surface area (Å²) in [6.07, 6.45) is 0.290. The molecule has 1 rings (SSSR count). The first kappa shape index (κ1) is 10.4. The average Bonchev–Trinajstić information content (AvgIpc) is 2.45. The lowest BCUT2D eigenvalue weighted by atomic mass is 10.5. The van der Waals surface area contributed by atoms with E-state index in [1.54, 1.807) is 0 Å². The zero-order valence-electron chi connectivity index (χ0n) is 8.20. The molecule has 13 heavy (non-hydrogen) atoms. The first-order valence-corrected chi connectivity index (χ1v) is 5.11. The van der Waals surface area contributed by atoms with Gasteiger partial charge >= 0.3 is 0 Å². The highest BCUT2D eigenvalue weighted by molar-refractivity contribution is 7.09. The molecule has 0 aliphatic heterocycles. The number of nitrogens with one attached hydrogen (secondary N) is 1. The van der Waals surface area contributed by atoms with Gasteiger partial charge in [0.2, 0.25) is 5.13 Å². The summed E-state index contributed by atoms with van der Waals surface area (Å²) in [4.78, 5) is 4.17. The molecule has 5 heteroatoms. The van der Waals surface area contributed by atoms with Gasteiger partial charge in [0.1, 0.15) is 5.82 Å². The van der Waals surface area contributed by atoms with Gasteiger partial charge in [-0.15, -0.1) is 0 Å². The maximum absolute atomic E-state index is 5.36. The van der Waals surface area contributed by atoms with Crippen molar-refractivity contribution < 1.29 is 4.74 Å². The fraction of sp³-hybridized carbons (Fsp3) is 0.750. The predicted octanol–water partition coefficient (Wildman–Crippen LogP) is 1.68. The predicted molar refractivity (Wildman–Crippen MR) is 54.2 cm³/mol. The van der Waals surface area contributed by atoms with Crippen LogP contribution in [0.15, 0.2) is 0 Å². The van der Waals surface area contributed by atoms with Crippen molar-refractivity contribution in [3.63, 3.8) is 0 Å². The van der Waals surface area contributed by atoms with E-state index in [9.17, 15) is 0 Å². The number of aryl methyl sites for hydroxylation is 1. The van der Waals surface area contributed by atoms with Gasteiger partial charge in [0.15, 0.2) is 0 Å². The van der Waals surface area contributed by atoms with Gasteiger partial charge in [-0.25, -0.2) is 4.98 Å². The molecular weight excluding hydrogens is 186 g/mol.